The van der Waals surface area contributed by atoms with Gasteiger partial charge in [-0.25, -0.2) is 4.98 Å². The van der Waals surface area contributed by atoms with Crippen LogP contribution in [0.3, 0.4) is 0 Å². The Morgan fingerprint density at radius 1 is 0.688 bits per heavy atom. The van der Waals surface area contributed by atoms with Gasteiger partial charge >= 0.3 is 0 Å². The number of aliphatic hydroxyl groups excluding tert-OH is 2. The molecule has 344 valence electrons. The fourth-order valence-electron chi connectivity index (χ4n) is 15.8. The summed E-state index contributed by atoms with van der Waals surface area (Å²) in [4.78, 5) is 54.7. The van der Waals surface area contributed by atoms with Gasteiger partial charge in [0.05, 0.1) is 12.2 Å². The highest BCUT2D eigenvalue weighted by atomic mass is 16.5. The van der Waals surface area contributed by atoms with Crippen LogP contribution in [0.15, 0.2) is 78.0 Å². The fraction of sp³-hybridized carbons (Fsp3) is 0.642. The standard InChI is InChI=1S/C27H35NO4.C26H33NO5/c1-25-12-10-19(29)14-18(25)8-9-20-21-11-13-27(32,26(21,2)15-22(30)23(20)25)24(31)28-16-17-6-4-3-5-7-17;1-24-10-8-17(28)13-16(24)6-7-18-19-9-11-26(31,25(19,2)14-20(29)23(18)24)21(30)15-32-22-5-3-4-12-27-22/h3-7,14,20-23,30,32H,8-13,15-16H2,1-2H3,(H,28,31);3-5,12-13,18-20,23,29,31H,6-11,14-15H2,1-2H3/t20?,21?,22-,23?,25?,26?,27-;18?,19?,20-,23?,24?,25?,26-/m00/s1. The number of nitrogens with zero attached hydrogens (tertiary/aromatic N) is 1. The molecular formula is C53H68N2O9. The number of rotatable bonds is 7. The number of ketones is 3. The zero-order chi connectivity index (χ0) is 45.5. The van der Waals surface area contributed by atoms with Crippen molar-refractivity contribution in [1.29, 1.82) is 0 Å². The van der Waals surface area contributed by atoms with E-state index in [1.165, 1.54) is 11.1 Å². The molecule has 0 bridgehead atoms. The third-order valence-corrected chi connectivity index (χ3v) is 19.2. The number of Topliss-reactive ketones (excluding diaryl/α,β-unsaturated/α-hetero) is 1. The van der Waals surface area contributed by atoms with Crippen LogP contribution in [0, 0.1) is 57.2 Å². The van der Waals surface area contributed by atoms with Gasteiger partial charge in [-0.05, 0) is 147 Å². The molecule has 0 saturated heterocycles. The minimum absolute atomic E-state index is 0.0656. The molecule has 10 unspecified atom stereocenters. The van der Waals surface area contributed by atoms with Crippen LogP contribution in [0.2, 0.25) is 0 Å². The maximum Gasteiger partial charge on any atom is 0.252 e. The van der Waals surface area contributed by atoms with Crippen molar-refractivity contribution in [2.24, 2.45) is 57.2 Å². The van der Waals surface area contributed by atoms with Gasteiger partial charge in [0.2, 0.25) is 11.7 Å². The molecule has 1 heterocycles. The predicted octanol–water partition coefficient (Wildman–Crippen LogP) is 6.80. The Kier molecular flexibility index (Phi) is 11.6. The Morgan fingerprint density at radius 2 is 1.20 bits per heavy atom. The van der Waals surface area contributed by atoms with Gasteiger partial charge < -0.3 is 30.5 Å². The summed E-state index contributed by atoms with van der Waals surface area (Å²) < 4.78 is 5.58. The molecule has 14 atom stereocenters. The number of amides is 1. The van der Waals surface area contributed by atoms with E-state index in [9.17, 15) is 39.6 Å². The highest BCUT2D eigenvalue weighted by Gasteiger charge is 2.70. The van der Waals surface area contributed by atoms with Crippen molar-refractivity contribution in [1.82, 2.24) is 10.3 Å². The van der Waals surface area contributed by atoms with E-state index in [0.29, 0.717) is 50.9 Å². The highest BCUT2D eigenvalue weighted by Crippen LogP contribution is 2.69. The second-order valence-electron chi connectivity index (χ2n) is 22.0. The second kappa shape index (κ2) is 16.4. The number of fused-ring (bicyclic) bond motifs is 10. The summed E-state index contributed by atoms with van der Waals surface area (Å²) in [5.74, 6) is 1.12. The number of allylic oxidation sites excluding steroid dienone is 2. The molecule has 1 amide bonds. The summed E-state index contributed by atoms with van der Waals surface area (Å²) in [6.07, 6.45) is 13.5. The lowest BCUT2D eigenvalue weighted by molar-refractivity contribution is -0.182. The SMILES string of the molecule is CC12CCC(=O)C=C1CCC1C2[C@@H](O)CC2(C)C1CC[C@]2(O)C(=O)COc1ccccn1.CC12CCC(=O)C=C1CCC1C2[C@@H](O)CC2(C)C1CC[C@]2(O)C(=O)NCc1ccccc1. The molecule has 6 saturated carbocycles. The number of hydrogen-bond donors (Lipinski definition) is 5. The van der Waals surface area contributed by atoms with Crippen LogP contribution in [0.5, 0.6) is 5.88 Å². The quantitative estimate of drug-likeness (QED) is 0.198. The van der Waals surface area contributed by atoms with Crippen LogP contribution in [-0.4, -0.2) is 78.7 Å². The average molecular weight is 877 g/mol. The molecular weight excluding hydrogens is 809 g/mol. The Labute approximate surface area is 377 Å². The summed E-state index contributed by atoms with van der Waals surface area (Å²) in [6, 6.07) is 15.0. The first-order valence-electron chi connectivity index (χ1n) is 24.1. The van der Waals surface area contributed by atoms with E-state index in [4.69, 9.17) is 4.74 Å². The Hall–Kier alpha value is -4.03. The third-order valence-electron chi connectivity index (χ3n) is 19.2. The number of hydrogen-bond acceptors (Lipinski definition) is 10. The summed E-state index contributed by atoms with van der Waals surface area (Å²) in [7, 11) is 0. The normalized spacial score (nSPS) is 43.0. The van der Waals surface area contributed by atoms with E-state index in [1.807, 2.05) is 56.3 Å². The molecule has 2 aromatic rings. The first-order chi connectivity index (χ1) is 30.4. The number of aromatic nitrogens is 1. The average Bonchev–Trinajstić information content (AvgIpc) is 3.71. The number of carbonyl (C=O) groups is 4. The van der Waals surface area contributed by atoms with Crippen LogP contribution in [0.1, 0.15) is 123 Å². The molecule has 64 heavy (non-hydrogen) atoms. The zero-order valence-corrected chi connectivity index (χ0v) is 38.1. The minimum Gasteiger partial charge on any atom is -0.470 e. The molecule has 5 N–H and O–H groups in total. The Morgan fingerprint density at radius 3 is 1.73 bits per heavy atom. The molecule has 1 aromatic carbocycles. The zero-order valence-electron chi connectivity index (χ0n) is 38.1. The van der Waals surface area contributed by atoms with E-state index in [0.717, 1.165) is 56.9 Å². The molecule has 1 aromatic heterocycles. The van der Waals surface area contributed by atoms with Crippen molar-refractivity contribution < 1.29 is 44.3 Å². The predicted molar refractivity (Wildman–Crippen MR) is 239 cm³/mol. The third kappa shape index (κ3) is 7.00. The van der Waals surface area contributed by atoms with Crippen LogP contribution < -0.4 is 10.1 Å². The molecule has 8 aliphatic rings. The van der Waals surface area contributed by atoms with Crippen molar-refractivity contribution in [3.05, 3.63) is 83.6 Å². The molecule has 11 heteroatoms. The van der Waals surface area contributed by atoms with Crippen LogP contribution in [0.4, 0.5) is 0 Å². The summed E-state index contributed by atoms with van der Waals surface area (Å²) in [6.45, 7) is 8.60. The number of ether oxygens (including phenoxy) is 1. The van der Waals surface area contributed by atoms with Gasteiger partial charge in [0.15, 0.2) is 18.2 Å². The van der Waals surface area contributed by atoms with Crippen molar-refractivity contribution in [3.8, 4) is 5.88 Å². The lowest BCUT2D eigenvalue weighted by Gasteiger charge is -2.60. The molecule has 6 fully saturated rings. The van der Waals surface area contributed by atoms with Gasteiger partial charge in [-0.15, -0.1) is 0 Å². The maximum atomic E-state index is 13.3. The first kappa shape index (κ1) is 45.1. The molecule has 10 rings (SSSR count). The van der Waals surface area contributed by atoms with Crippen molar-refractivity contribution in [3.63, 3.8) is 0 Å². The van der Waals surface area contributed by atoms with Crippen molar-refractivity contribution in [2.75, 3.05) is 6.61 Å². The van der Waals surface area contributed by atoms with Gasteiger partial charge in [0.1, 0.15) is 11.2 Å². The monoisotopic (exact) mass is 876 g/mol. The van der Waals surface area contributed by atoms with E-state index >= 15 is 0 Å². The number of benzene rings is 1. The van der Waals surface area contributed by atoms with Gasteiger partial charge in [-0.2, -0.15) is 0 Å². The van der Waals surface area contributed by atoms with Crippen molar-refractivity contribution in [2.45, 2.75) is 148 Å². The van der Waals surface area contributed by atoms with Crippen LogP contribution in [0.25, 0.3) is 0 Å². The molecule has 11 nitrogen and oxygen atoms in total. The lowest BCUT2D eigenvalue weighted by atomic mass is 9.45. The molecule has 0 aliphatic heterocycles. The van der Waals surface area contributed by atoms with Crippen LogP contribution >= 0.6 is 0 Å². The van der Waals surface area contributed by atoms with Crippen molar-refractivity contribution >= 4 is 23.3 Å². The fourth-order valence-corrected chi connectivity index (χ4v) is 15.8. The van der Waals surface area contributed by atoms with E-state index in [-0.39, 0.29) is 76.2 Å². The van der Waals surface area contributed by atoms with Gasteiger partial charge in [-0.1, -0.05) is 75.2 Å². The molecule has 0 spiro atoms. The van der Waals surface area contributed by atoms with Gasteiger partial charge in [0.25, 0.3) is 5.91 Å². The summed E-state index contributed by atoms with van der Waals surface area (Å²) in [5.41, 5.74) is -1.29. The van der Waals surface area contributed by atoms with Crippen LogP contribution in [-0.2, 0) is 25.7 Å². The second-order valence-corrected chi connectivity index (χ2v) is 22.0. The Bertz CT molecular complexity index is 2070. The minimum atomic E-state index is -1.52. The van der Waals surface area contributed by atoms with E-state index in [2.05, 4.69) is 24.1 Å². The Balaban J connectivity index is 0.000000162. The maximum absolute atomic E-state index is 13.3. The number of carbonyl (C=O) groups excluding carboxylic acids is 4. The molecule has 8 aliphatic carbocycles. The van der Waals surface area contributed by atoms with E-state index < -0.39 is 34.2 Å². The topological polar surface area (TPSA) is 183 Å². The van der Waals surface area contributed by atoms with Gasteiger partial charge in [0, 0.05) is 42.5 Å². The smallest absolute Gasteiger partial charge is 0.252 e. The lowest BCUT2D eigenvalue weighted by Crippen LogP contribution is -2.63. The summed E-state index contributed by atoms with van der Waals surface area (Å²) >= 11 is 0. The highest BCUT2D eigenvalue weighted by molar-refractivity contribution is 5.92. The number of nitrogens with one attached hydrogen (secondary N) is 1. The summed E-state index contributed by atoms with van der Waals surface area (Å²) in [5, 5.41) is 49.3. The number of pyridine rings is 1. The van der Waals surface area contributed by atoms with E-state index in [1.54, 1.807) is 24.4 Å². The largest absolute Gasteiger partial charge is 0.470 e. The molecule has 0 radical (unpaired) electrons. The number of aliphatic hydroxyl groups is 4. The first-order valence-corrected chi connectivity index (χ1v) is 24.1. The van der Waals surface area contributed by atoms with Gasteiger partial charge in [-0.3, -0.25) is 19.2 Å².